The first-order chi connectivity index (χ1) is 13.7. The molecule has 1 aromatic heterocycles. The molecule has 2 aromatic carbocycles. The topological polar surface area (TPSA) is 80.1 Å². The predicted octanol–water partition coefficient (Wildman–Crippen LogP) is 5.02. The molecule has 0 saturated heterocycles. The number of hydrogen-bond donors (Lipinski definition) is 3. The number of rotatable bonds is 6. The van der Waals surface area contributed by atoms with Gasteiger partial charge >= 0.3 is 0 Å². The number of aromatic nitrogens is 1. The second-order valence-electron chi connectivity index (χ2n) is 6.84. The minimum Gasteiger partial charge on any atom is -0.494 e. The molecule has 0 fully saturated rings. The van der Waals surface area contributed by atoms with Gasteiger partial charge in [0.15, 0.2) is 5.75 Å². The Bertz CT molecular complexity index is 1070. The maximum Gasteiger partial charge on any atom is 0.250 e. The monoisotopic (exact) mass is 393 g/mol. The summed E-state index contributed by atoms with van der Waals surface area (Å²) in [6, 6.07) is 9.80. The highest BCUT2D eigenvalue weighted by Gasteiger charge is 2.23. The molecule has 1 heterocycles. The largest absolute Gasteiger partial charge is 0.494 e. The first-order valence-corrected chi connectivity index (χ1v) is 10.2. The first kappa shape index (κ1) is 18.5. The van der Waals surface area contributed by atoms with Crippen molar-refractivity contribution in [1.82, 2.24) is 4.98 Å². The summed E-state index contributed by atoms with van der Waals surface area (Å²) >= 11 is 1.40. The summed E-state index contributed by atoms with van der Waals surface area (Å²) < 4.78 is 9.01. The third-order valence-electron chi connectivity index (χ3n) is 5.28. The van der Waals surface area contributed by atoms with Crippen molar-refractivity contribution in [2.75, 3.05) is 11.8 Å². The van der Waals surface area contributed by atoms with Gasteiger partial charge in [-0.2, -0.15) is 0 Å². The highest BCUT2D eigenvalue weighted by atomic mass is 32.2. The standard InChI is InChI=1S/C22H23N3O2S/c1-3-28-25-18-10-6-8-14(21(18)27-2)13-11-12-16(22(23)26)20-19(13)15-7-4-5-9-17(15)24-20/h3,6,8,10-12,24-25H,1,4-5,7,9H2,2H3,(H2,23,26). The molecule has 0 unspecified atom stereocenters. The molecule has 0 atom stereocenters. The number of methoxy groups -OCH3 is 1. The van der Waals surface area contributed by atoms with Gasteiger partial charge in [-0.05, 0) is 66.3 Å². The van der Waals surface area contributed by atoms with Gasteiger partial charge in [0.1, 0.15) is 0 Å². The van der Waals surface area contributed by atoms with E-state index in [1.165, 1.54) is 23.2 Å². The Kier molecular flexibility index (Phi) is 5.05. The number of para-hydroxylation sites is 1. The lowest BCUT2D eigenvalue weighted by atomic mass is 9.90. The fraction of sp³-hybridized carbons (Fsp3) is 0.227. The van der Waals surface area contributed by atoms with Crippen LogP contribution in [0.3, 0.4) is 0 Å². The van der Waals surface area contributed by atoms with Gasteiger partial charge in [0.2, 0.25) is 0 Å². The number of nitrogens with two attached hydrogens (primary N) is 1. The van der Waals surface area contributed by atoms with Crippen molar-refractivity contribution in [3.05, 3.63) is 59.1 Å². The molecule has 4 rings (SSSR count). The third kappa shape index (κ3) is 3.03. The van der Waals surface area contributed by atoms with Gasteiger partial charge in [-0.1, -0.05) is 24.8 Å². The zero-order valence-electron chi connectivity index (χ0n) is 15.8. The van der Waals surface area contributed by atoms with Gasteiger partial charge in [0.25, 0.3) is 5.91 Å². The number of carbonyl (C=O) groups is 1. The Morgan fingerprint density at radius 3 is 2.82 bits per heavy atom. The average Bonchev–Trinajstić information content (AvgIpc) is 3.10. The molecule has 3 aromatic rings. The van der Waals surface area contributed by atoms with Crippen LogP contribution in [0, 0.1) is 0 Å². The summed E-state index contributed by atoms with van der Waals surface area (Å²) in [7, 11) is 1.67. The predicted molar refractivity (Wildman–Crippen MR) is 117 cm³/mol. The molecule has 1 aliphatic rings. The number of H-pyrrole nitrogens is 1. The third-order valence-corrected chi connectivity index (χ3v) is 5.78. The molecule has 144 valence electrons. The van der Waals surface area contributed by atoms with Crippen LogP contribution < -0.4 is 15.2 Å². The number of fused-ring (bicyclic) bond motifs is 3. The van der Waals surface area contributed by atoms with Crippen LogP contribution in [0.25, 0.3) is 22.0 Å². The minimum absolute atomic E-state index is 0.417. The van der Waals surface area contributed by atoms with E-state index in [4.69, 9.17) is 10.5 Å². The number of hydrogen-bond acceptors (Lipinski definition) is 4. The van der Waals surface area contributed by atoms with Gasteiger partial charge < -0.3 is 20.2 Å². The lowest BCUT2D eigenvalue weighted by Gasteiger charge is -2.17. The van der Waals surface area contributed by atoms with E-state index in [9.17, 15) is 4.79 Å². The van der Waals surface area contributed by atoms with Crippen LogP contribution in [-0.2, 0) is 12.8 Å². The molecular weight excluding hydrogens is 370 g/mol. The van der Waals surface area contributed by atoms with E-state index < -0.39 is 5.91 Å². The highest BCUT2D eigenvalue weighted by Crippen LogP contribution is 2.43. The summed E-state index contributed by atoms with van der Waals surface area (Å²) in [6.07, 6.45) is 4.30. The molecule has 6 heteroatoms. The van der Waals surface area contributed by atoms with Crippen LogP contribution in [0.1, 0.15) is 34.5 Å². The van der Waals surface area contributed by atoms with Crippen molar-refractivity contribution in [1.29, 1.82) is 0 Å². The summed E-state index contributed by atoms with van der Waals surface area (Å²) in [6.45, 7) is 3.73. The Morgan fingerprint density at radius 1 is 1.25 bits per heavy atom. The molecule has 0 aliphatic heterocycles. The Hall–Kier alpha value is -2.86. The number of aryl methyl sites for hydroxylation is 2. The number of nitrogens with one attached hydrogen (secondary N) is 2. The van der Waals surface area contributed by atoms with Crippen molar-refractivity contribution in [3.63, 3.8) is 0 Å². The van der Waals surface area contributed by atoms with E-state index in [1.54, 1.807) is 18.6 Å². The van der Waals surface area contributed by atoms with Gasteiger partial charge in [-0.25, -0.2) is 0 Å². The van der Waals surface area contributed by atoms with Gasteiger partial charge in [0.05, 0.1) is 23.9 Å². The van der Waals surface area contributed by atoms with E-state index in [1.807, 2.05) is 24.3 Å². The highest BCUT2D eigenvalue weighted by molar-refractivity contribution is 8.03. The summed E-state index contributed by atoms with van der Waals surface area (Å²) in [4.78, 5) is 15.5. The van der Waals surface area contributed by atoms with E-state index in [2.05, 4.69) is 16.3 Å². The van der Waals surface area contributed by atoms with Crippen LogP contribution in [0.5, 0.6) is 5.75 Å². The number of ether oxygens (including phenoxy) is 1. The zero-order chi connectivity index (χ0) is 19.7. The van der Waals surface area contributed by atoms with E-state index in [-0.39, 0.29) is 0 Å². The number of amides is 1. The lowest BCUT2D eigenvalue weighted by Crippen LogP contribution is -2.11. The normalized spacial score (nSPS) is 13.2. The Labute approximate surface area is 168 Å². The molecule has 1 amide bonds. The second kappa shape index (κ2) is 7.64. The number of primary amides is 1. The maximum absolute atomic E-state index is 12.0. The number of anilines is 1. The van der Waals surface area contributed by atoms with Crippen molar-refractivity contribution < 1.29 is 9.53 Å². The van der Waals surface area contributed by atoms with Crippen LogP contribution in [0.4, 0.5) is 5.69 Å². The van der Waals surface area contributed by atoms with Gasteiger partial charge in [0, 0.05) is 16.6 Å². The number of aromatic amines is 1. The molecule has 0 saturated carbocycles. The summed E-state index contributed by atoms with van der Waals surface area (Å²) in [5.74, 6) is 0.343. The van der Waals surface area contributed by atoms with Gasteiger partial charge in [-0.15, -0.1) is 0 Å². The quantitative estimate of drug-likeness (QED) is 0.514. The van der Waals surface area contributed by atoms with Crippen LogP contribution in [-0.4, -0.2) is 18.0 Å². The molecule has 1 aliphatic carbocycles. The van der Waals surface area contributed by atoms with Crippen molar-refractivity contribution in [3.8, 4) is 16.9 Å². The molecule has 0 spiro atoms. The van der Waals surface area contributed by atoms with Crippen molar-refractivity contribution >= 4 is 34.4 Å². The summed E-state index contributed by atoms with van der Waals surface area (Å²) in [5, 5.41) is 2.81. The Balaban J connectivity index is 2.00. The van der Waals surface area contributed by atoms with Crippen LogP contribution in [0.15, 0.2) is 42.3 Å². The van der Waals surface area contributed by atoms with Gasteiger partial charge in [-0.3, -0.25) is 4.79 Å². The minimum atomic E-state index is -0.417. The molecule has 5 nitrogen and oxygen atoms in total. The molecule has 28 heavy (non-hydrogen) atoms. The molecular formula is C22H23N3O2S. The van der Waals surface area contributed by atoms with E-state index in [0.29, 0.717) is 5.56 Å². The number of benzene rings is 2. The fourth-order valence-corrected chi connectivity index (χ4v) is 4.47. The van der Waals surface area contributed by atoms with E-state index >= 15 is 0 Å². The molecule has 0 radical (unpaired) electrons. The number of carbonyl (C=O) groups excluding carboxylic acids is 1. The molecule has 0 bridgehead atoms. The summed E-state index contributed by atoms with van der Waals surface area (Å²) in [5.41, 5.74) is 12.4. The smallest absolute Gasteiger partial charge is 0.250 e. The van der Waals surface area contributed by atoms with Crippen molar-refractivity contribution in [2.45, 2.75) is 25.7 Å². The Morgan fingerprint density at radius 2 is 2.07 bits per heavy atom. The average molecular weight is 394 g/mol. The SMILES string of the molecule is C=CSNc1cccc(-c2ccc(C(N)=O)c3[nH]c4c(c23)CCCC4)c1OC. The maximum atomic E-state index is 12.0. The van der Waals surface area contributed by atoms with Crippen LogP contribution >= 0.6 is 11.9 Å². The van der Waals surface area contributed by atoms with Crippen LogP contribution in [0.2, 0.25) is 0 Å². The lowest BCUT2D eigenvalue weighted by molar-refractivity contribution is 0.100. The first-order valence-electron chi connectivity index (χ1n) is 9.32. The van der Waals surface area contributed by atoms with Crippen molar-refractivity contribution in [2.24, 2.45) is 5.73 Å². The van der Waals surface area contributed by atoms with E-state index in [0.717, 1.165) is 59.2 Å². The second-order valence-corrected chi connectivity index (χ2v) is 7.61. The zero-order valence-corrected chi connectivity index (χ0v) is 16.6. The fourth-order valence-electron chi connectivity index (χ4n) is 4.10. The molecule has 4 N–H and O–H groups in total.